The zero-order valence-electron chi connectivity index (χ0n) is 11.4. The molecule has 106 valence electrons. The molecule has 1 amide bonds. The summed E-state index contributed by atoms with van der Waals surface area (Å²) >= 11 is 0. The summed E-state index contributed by atoms with van der Waals surface area (Å²) in [5, 5.41) is 0. The molecule has 0 bridgehead atoms. The van der Waals surface area contributed by atoms with Crippen LogP contribution < -0.4 is 5.73 Å². The van der Waals surface area contributed by atoms with E-state index in [4.69, 9.17) is 5.73 Å². The lowest BCUT2D eigenvalue weighted by Gasteiger charge is -2.36. The summed E-state index contributed by atoms with van der Waals surface area (Å²) in [5.41, 5.74) is 5.93. The molecule has 3 nitrogen and oxygen atoms in total. The van der Waals surface area contributed by atoms with Crippen molar-refractivity contribution in [1.82, 2.24) is 4.90 Å². The fourth-order valence-corrected chi connectivity index (χ4v) is 3.25. The highest BCUT2D eigenvalue weighted by atomic mass is 35.5. The first-order chi connectivity index (χ1) is 8.18. The number of halogens is 1. The summed E-state index contributed by atoms with van der Waals surface area (Å²) in [6.07, 6.45) is 8.22. The number of piperidine rings is 1. The molecule has 0 aromatic rings. The van der Waals surface area contributed by atoms with Gasteiger partial charge in [0.15, 0.2) is 0 Å². The van der Waals surface area contributed by atoms with Crippen LogP contribution in [0.2, 0.25) is 0 Å². The van der Waals surface area contributed by atoms with Crippen molar-refractivity contribution in [3.8, 4) is 0 Å². The molecule has 1 aliphatic heterocycles. The van der Waals surface area contributed by atoms with Gasteiger partial charge < -0.3 is 10.6 Å². The Labute approximate surface area is 117 Å². The van der Waals surface area contributed by atoms with Gasteiger partial charge >= 0.3 is 0 Å². The van der Waals surface area contributed by atoms with Crippen molar-refractivity contribution in [2.75, 3.05) is 13.1 Å². The minimum absolute atomic E-state index is 0. The molecule has 2 N–H and O–H groups in total. The van der Waals surface area contributed by atoms with Gasteiger partial charge in [0.25, 0.3) is 0 Å². The van der Waals surface area contributed by atoms with Crippen LogP contribution >= 0.6 is 12.4 Å². The normalized spacial score (nSPS) is 24.4. The van der Waals surface area contributed by atoms with Crippen LogP contribution in [0.4, 0.5) is 0 Å². The van der Waals surface area contributed by atoms with Crippen molar-refractivity contribution in [2.45, 2.75) is 57.9 Å². The lowest BCUT2D eigenvalue weighted by molar-refractivity contribution is -0.138. The van der Waals surface area contributed by atoms with Crippen molar-refractivity contribution in [3.63, 3.8) is 0 Å². The fraction of sp³-hybridized carbons (Fsp3) is 0.929. The molecule has 18 heavy (non-hydrogen) atoms. The van der Waals surface area contributed by atoms with E-state index in [0.717, 1.165) is 38.8 Å². The summed E-state index contributed by atoms with van der Waals surface area (Å²) < 4.78 is 0. The van der Waals surface area contributed by atoms with Crippen LogP contribution in [0.3, 0.4) is 0 Å². The number of carbonyl (C=O) groups excluding carboxylic acids is 1. The van der Waals surface area contributed by atoms with Crippen LogP contribution in [-0.2, 0) is 4.79 Å². The first-order valence-electron chi connectivity index (χ1n) is 7.23. The van der Waals surface area contributed by atoms with E-state index in [-0.39, 0.29) is 18.4 Å². The minimum atomic E-state index is 0. The first kappa shape index (κ1) is 15.8. The molecule has 0 aromatic carbocycles. The quantitative estimate of drug-likeness (QED) is 0.841. The Morgan fingerprint density at radius 3 is 2.17 bits per heavy atom. The predicted octanol–water partition coefficient (Wildman–Crippen LogP) is 2.57. The Kier molecular flexibility index (Phi) is 6.44. The second-order valence-corrected chi connectivity index (χ2v) is 5.86. The highest BCUT2D eigenvalue weighted by molar-refractivity contribution is 5.85. The van der Waals surface area contributed by atoms with Gasteiger partial charge in [-0.25, -0.2) is 0 Å². The van der Waals surface area contributed by atoms with Gasteiger partial charge in [-0.05, 0) is 38.5 Å². The Morgan fingerprint density at radius 2 is 1.67 bits per heavy atom. The summed E-state index contributed by atoms with van der Waals surface area (Å²) in [4.78, 5) is 14.4. The predicted molar refractivity (Wildman–Crippen MR) is 76.8 cm³/mol. The Hall–Kier alpha value is -0.280. The maximum atomic E-state index is 12.3. The molecule has 0 radical (unpaired) electrons. The average molecular weight is 275 g/mol. The highest BCUT2D eigenvalue weighted by Gasteiger charge is 2.29. The van der Waals surface area contributed by atoms with Gasteiger partial charge in [0, 0.05) is 25.0 Å². The third-order valence-electron chi connectivity index (χ3n) is 4.55. The zero-order chi connectivity index (χ0) is 12.3. The lowest BCUT2D eigenvalue weighted by atomic mass is 9.86. The Morgan fingerprint density at radius 1 is 1.11 bits per heavy atom. The van der Waals surface area contributed by atoms with E-state index in [1.807, 2.05) is 0 Å². The van der Waals surface area contributed by atoms with Crippen LogP contribution in [0.15, 0.2) is 0 Å². The van der Waals surface area contributed by atoms with E-state index >= 15 is 0 Å². The van der Waals surface area contributed by atoms with E-state index in [2.05, 4.69) is 11.8 Å². The van der Waals surface area contributed by atoms with Gasteiger partial charge in [0.2, 0.25) is 5.91 Å². The third kappa shape index (κ3) is 3.86. The zero-order valence-corrected chi connectivity index (χ0v) is 12.3. The molecule has 1 unspecified atom stereocenters. The van der Waals surface area contributed by atoms with Crippen molar-refractivity contribution in [1.29, 1.82) is 0 Å². The maximum Gasteiger partial charge on any atom is 0.225 e. The Bertz CT molecular complexity index is 257. The topological polar surface area (TPSA) is 46.3 Å². The van der Waals surface area contributed by atoms with E-state index in [0.29, 0.717) is 17.7 Å². The summed E-state index contributed by atoms with van der Waals surface area (Å²) in [5.74, 6) is 1.37. The van der Waals surface area contributed by atoms with E-state index < -0.39 is 0 Å². The second-order valence-electron chi connectivity index (χ2n) is 5.86. The third-order valence-corrected chi connectivity index (χ3v) is 4.55. The standard InChI is InChI=1S/C14H26N2O.ClH/c1-11(15)12-7-9-16(10-8-12)14(17)13-5-3-2-4-6-13;/h11-13H,2-10,15H2,1H3;1H. The van der Waals surface area contributed by atoms with Gasteiger partial charge in [-0.2, -0.15) is 0 Å². The molecule has 1 saturated heterocycles. The van der Waals surface area contributed by atoms with Gasteiger partial charge in [0.05, 0.1) is 0 Å². The molecule has 1 aliphatic carbocycles. The first-order valence-corrected chi connectivity index (χ1v) is 7.23. The maximum absolute atomic E-state index is 12.3. The fourth-order valence-electron chi connectivity index (χ4n) is 3.25. The molecular formula is C14H27ClN2O. The number of nitrogens with two attached hydrogens (primary N) is 1. The molecule has 1 heterocycles. The summed E-state index contributed by atoms with van der Waals surface area (Å²) in [7, 11) is 0. The van der Waals surface area contributed by atoms with E-state index in [1.165, 1.54) is 19.3 Å². The van der Waals surface area contributed by atoms with Crippen LogP contribution in [0.5, 0.6) is 0 Å². The number of amides is 1. The smallest absolute Gasteiger partial charge is 0.225 e. The molecule has 0 aromatic heterocycles. The van der Waals surface area contributed by atoms with Gasteiger partial charge in [-0.3, -0.25) is 4.79 Å². The molecule has 1 saturated carbocycles. The minimum Gasteiger partial charge on any atom is -0.342 e. The van der Waals surface area contributed by atoms with Crippen molar-refractivity contribution < 1.29 is 4.79 Å². The number of hydrogen-bond acceptors (Lipinski definition) is 2. The summed E-state index contributed by atoms with van der Waals surface area (Å²) in [6, 6.07) is 0.280. The van der Waals surface area contributed by atoms with Crippen LogP contribution in [-0.4, -0.2) is 29.9 Å². The average Bonchev–Trinajstić information content (AvgIpc) is 2.39. The van der Waals surface area contributed by atoms with Crippen molar-refractivity contribution >= 4 is 18.3 Å². The number of hydrogen-bond donors (Lipinski definition) is 1. The van der Waals surface area contributed by atoms with Crippen molar-refractivity contribution in [2.24, 2.45) is 17.6 Å². The van der Waals surface area contributed by atoms with Gasteiger partial charge in [-0.1, -0.05) is 19.3 Å². The van der Waals surface area contributed by atoms with Gasteiger partial charge in [-0.15, -0.1) is 12.4 Å². The molecule has 1 atom stereocenters. The van der Waals surface area contributed by atoms with Crippen LogP contribution in [0.1, 0.15) is 51.9 Å². The number of likely N-dealkylation sites (tertiary alicyclic amines) is 1. The number of carbonyl (C=O) groups is 1. The molecule has 0 spiro atoms. The van der Waals surface area contributed by atoms with Crippen molar-refractivity contribution in [3.05, 3.63) is 0 Å². The van der Waals surface area contributed by atoms with Crippen LogP contribution in [0, 0.1) is 11.8 Å². The molecule has 2 rings (SSSR count). The molecule has 2 aliphatic rings. The molecule has 2 fully saturated rings. The number of rotatable bonds is 2. The van der Waals surface area contributed by atoms with E-state index in [1.54, 1.807) is 0 Å². The van der Waals surface area contributed by atoms with Gasteiger partial charge in [0.1, 0.15) is 0 Å². The highest BCUT2D eigenvalue weighted by Crippen LogP contribution is 2.27. The second kappa shape index (κ2) is 7.34. The van der Waals surface area contributed by atoms with Crippen LogP contribution in [0.25, 0.3) is 0 Å². The number of nitrogens with zero attached hydrogens (tertiary/aromatic N) is 1. The monoisotopic (exact) mass is 274 g/mol. The SMILES string of the molecule is CC(N)C1CCN(C(=O)C2CCCCC2)CC1.Cl. The molecule has 4 heteroatoms. The summed E-state index contributed by atoms with van der Waals surface area (Å²) in [6.45, 7) is 3.95. The lowest BCUT2D eigenvalue weighted by Crippen LogP contribution is -2.45. The largest absolute Gasteiger partial charge is 0.342 e. The Balaban J connectivity index is 0.00000162. The van der Waals surface area contributed by atoms with E-state index in [9.17, 15) is 4.79 Å². The molecular weight excluding hydrogens is 248 g/mol.